The largest absolute Gasteiger partial charge is 0.483 e. The van der Waals surface area contributed by atoms with Crippen LogP contribution in [0.1, 0.15) is 43.1 Å². The van der Waals surface area contributed by atoms with E-state index in [2.05, 4.69) is 4.90 Å². The Labute approximate surface area is 172 Å². The van der Waals surface area contributed by atoms with Crippen molar-refractivity contribution in [2.24, 2.45) is 0 Å². The van der Waals surface area contributed by atoms with E-state index < -0.39 is 21.0 Å². The summed E-state index contributed by atoms with van der Waals surface area (Å²) in [5.41, 5.74) is 1.70. The molecule has 0 N–H and O–H groups in total. The van der Waals surface area contributed by atoms with Gasteiger partial charge in [-0.1, -0.05) is 42.5 Å². The number of para-hydroxylation sites is 1. The zero-order chi connectivity index (χ0) is 20.2. The lowest BCUT2D eigenvalue weighted by Gasteiger charge is -2.47. The van der Waals surface area contributed by atoms with Crippen molar-refractivity contribution in [1.82, 2.24) is 4.90 Å². The molecule has 2 atom stereocenters. The Kier molecular flexibility index (Phi) is 4.26. The smallest absolute Gasteiger partial charge is 0.318 e. The van der Waals surface area contributed by atoms with Crippen LogP contribution in [0, 0.1) is 0 Å². The molecule has 3 heterocycles. The maximum atomic E-state index is 13.5. The van der Waals surface area contributed by atoms with Crippen molar-refractivity contribution in [1.29, 1.82) is 0 Å². The first kappa shape index (κ1) is 18.7. The van der Waals surface area contributed by atoms with Crippen LogP contribution in [0.4, 0.5) is 0 Å². The van der Waals surface area contributed by atoms with Crippen LogP contribution in [0.2, 0.25) is 0 Å². The lowest BCUT2D eigenvalue weighted by Crippen LogP contribution is -2.53. The van der Waals surface area contributed by atoms with Crippen molar-refractivity contribution in [2.45, 2.75) is 43.6 Å². The van der Waals surface area contributed by atoms with Crippen molar-refractivity contribution >= 4 is 15.9 Å². The molecule has 5 nitrogen and oxygen atoms in total. The Morgan fingerprint density at radius 3 is 2.34 bits per heavy atom. The summed E-state index contributed by atoms with van der Waals surface area (Å²) in [5, 5.41) is -0.784. The lowest BCUT2D eigenvalue weighted by molar-refractivity contribution is 0.106. The average Bonchev–Trinajstić information content (AvgIpc) is 3.21. The fraction of sp³-hybridized carbons (Fsp3) is 0.391. The van der Waals surface area contributed by atoms with Crippen LogP contribution in [0.3, 0.4) is 0 Å². The zero-order valence-electron chi connectivity index (χ0n) is 16.7. The normalized spacial score (nSPS) is 27.5. The summed E-state index contributed by atoms with van der Waals surface area (Å²) in [7, 11) is -3.88. The molecule has 0 radical (unpaired) electrons. The van der Waals surface area contributed by atoms with E-state index in [1.165, 1.54) is 0 Å². The van der Waals surface area contributed by atoms with Gasteiger partial charge in [0.2, 0.25) is 0 Å². The number of likely N-dealkylation sites (tertiary alicyclic amines) is 1. The number of rotatable bonds is 2. The maximum absolute atomic E-state index is 13.5. The van der Waals surface area contributed by atoms with Crippen LogP contribution in [-0.2, 0) is 14.3 Å². The molecule has 1 fully saturated rings. The standard InChI is InChI=1S/C23H25NO4S/c1-23(2)19-20(24-14-8-9-15-24)22(16-10-4-3-5-11-16)29(25,26)28-21(19)17-12-6-7-13-18(17)27-23/h3-7,10-13,20,22H,8-9,14-15H2,1-2H3/t20-,22+/m1/s1. The van der Waals surface area contributed by atoms with Crippen molar-refractivity contribution in [2.75, 3.05) is 13.1 Å². The molecule has 6 heteroatoms. The molecule has 2 aromatic carbocycles. The van der Waals surface area contributed by atoms with Crippen molar-refractivity contribution in [3.8, 4) is 5.75 Å². The SMILES string of the molecule is CC1(C)Oc2ccccc2C2=C1[C@@H](N1CCCC1)[C@H](c1ccccc1)S(=O)(=O)O2. The molecule has 0 bridgehead atoms. The van der Waals surface area contributed by atoms with E-state index in [4.69, 9.17) is 8.92 Å². The van der Waals surface area contributed by atoms with Gasteiger partial charge in [-0.3, -0.25) is 4.90 Å². The number of fused-ring (bicyclic) bond motifs is 2. The van der Waals surface area contributed by atoms with Crippen LogP contribution in [-0.4, -0.2) is 38.1 Å². The summed E-state index contributed by atoms with van der Waals surface area (Å²) in [4.78, 5) is 2.30. The van der Waals surface area contributed by atoms with Gasteiger partial charge in [-0.15, -0.1) is 0 Å². The molecule has 0 amide bonds. The second-order valence-corrected chi connectivity index (χ2v) is 10.1. The predicted octanol–water partition coefficient (Wildman–Crippen LogP) is 4.13. The third-order valence-electron chi connectivity index (χ3n) is 6.15. The van der Waals surface area contributed by atoms with Gasteiger partial charge in [0.1, 0.15) is 16.6 Å². The minimum absolute atomic E-state index is 0.322. The van der Waals surface area contributed by atoms with Gasteiger partial charge in [0.25, 0.3) is 0 Å². The molecule has 0 aromatic heterocycles. The lowest BCUT2D eigenvalue weighted by atomic mass is 9.82. The minimum Gasteiger partial charge on any atom is -0.483 e. The van der Waals surface area contributed by atoms with E-state index in [-0.39, 0.29) is 6.04 Å². The minimum atomic E-state index is -3.88. The van der Waals surface area contributed by atoms with Crippen molar-refractivity contribution in [3.05, 3.63) is 71.3 Å². The molecule has 3 aliphatic heterocycles. The Balaban J connectivity index is 1.79. The first-order chi connectivity index (χ1) is 13.9. The van der Waals surface area contributed by atoms with E-state index in [1.54, 1.807) is 0 Å². The number of hydrogen-bond acceptors (Lipinski definition) is 5. The Bertz CT molecular complexity index is 1070. The maximum Gasteiger partial charge on any atom is 0.318 e. The highest BCUT2D eigenvalue weighted by Crippen LogP contribution is 2.52. The van der Waals surface area contributed by atoms with E-state index in [0.29, 0.717) is 17.1 Å². The fourth-order valence-electron chi connectivity index (χ4n) is 4.93. The molecule has 0 aliphatic carbocycles. The second kappa shape index (κ2) is 6.61. The van der Waals surface area contributed by atoms with Gasteiger partial charge in [0, 0.05) is 5.57 Å². The Morgan fingerprint density at radius 1 is 0.966 bits per heavy atom. The summed E-state index contributed by atoms with van der Waals surface area (Å²) in [6.07, 6.45) is 2.14. The molecule has 152 valence electrons. The molecule has 0 unspecified atom stereocenters. The molecule has 29 heavy (non-hydrogen) atoms. The molecular weight excluding hydrogens is 386 g/mol. The quantitative estimate of drug-likeness (QED) is 0.696. The van der Waals surface area contributed by atoms with Crippen LogP contribution in [0.15, 0.2) is 60.2 Å². The number of hydrogen-bond donors (Lipinski definition) is 0. The highest BCUT2D eigenvalue weighted by molar-refractivity contribution is 7.87. The predicted molar refractivity (Wildman–Crippen MR) is 112 cm³/mol. The van der Waals surface area contributed by atoms with Crippen LogP contribution in [0.25, 0.3) is 5.76 Å². The Hall–Kier alpha value is -2.31. The highest BCUT2D eigenvalue weighted by Gasteiger charge is 2.54. The summed E-state index contributed by atoms with van der Waals surface area (Å²) >= 11 is 0. The molecule has 0 spiro atoms. The van der Waals surface area contributed by atoms with Crippen molar-refractivity contribution < 1.29 is 17.3 Å². The molecule has 1 saturated heterocycles. The van der Waals surface area contributed by atoms with Crippen LogP contribution >= 0.6 is 0 Å². The first-order valence-corrected chi connectivity index (χ1v) is 11.6. The molecular formula is C23H25NO4S. The number of nitrogens with zero attached hydrogens (tertiary/aromatic N) is 1. The summed E-state index contributed by atoms with van der Waals surface area (Å²) < 4.78 is 39.2. The van der Waals surface area contributed by atoms with Gasteiger partial charge in [0.15, 0.2) is 5.76 Å². The van der Waals surface area contributed by atoms with Gasteiger partial charge in [-0.25, -0.2) is 0 Å². The van der Waals surface area contributed by atoms with E-state index in [9.17, 15) is 8.42 Å². The topological polar surface area (TPSA) is 55.8 Å². The Morgan fingerprint density at radius 2 is 1.62 bits per heavy atom. The van der Waals surface area contributed by atoms with E-state index in [1.807, 2.05) is 68.4 Å². The number of ether oxygens (including phenoxy) is 1. The monoisotopic (exact) mass is 411 g/mol. The summed E-state index contributed by atoms with van der Waals surface area (Å²) in [6.45, 7) is 5.76. The van der Waals surface area contributed by atoms with Gasteiger partial charge >= 0.3 is 10.1 Å². The second-order valence-electron chi connectivity index (χ2n) is 8.45. The van der Waals surface area contributed by atoms with Gasteiger partial charge < -0.3 is 8.92 Å². The first-order valence-electron chi connectivity index (χ1n) is 10.1. The summed E-state index contributed by atoms with van der Waals surface area (Å²) in [5.74, 6) is 1.10. The van der Waals surface area contributed by atoms with Crippen molar-refractivity contribution in [3.63, 3.8) is 0 Å². The third kappa shape index (κ3) is 2.97. The van der Waals surface area contributed by atoms with Crippen LogP contribution < -0.4 is 4.74 Å². The average molecular weight is 412 g/mol. The molecule has 5 rings (SSSR count). The summed E-state index contributed by atoms with van der Waals surface area (Å²) in [6, 6.07) is 16.6. The zero-order valence-corrected chi connectivity index (χ0v) is 17.5. The van der Waals surface area contributed by atoms with Crippen LogP contribution in [0.5, 0.6) is 5.75 Å². The van der Waals surface area contributed by atoms with Gasteiger partial charge in [-0.2, -0.15) is 8.42 Å². The molecule has 3 aliphatic rings. The third-order valence-corrected chi connectivity index (χ3v) is 7.70. The highest BCUT2D eigenvalue weighted by atomic mass is 32.2. The molecule has 2 aromatic rings. The van der Waals surface area contributed by atoms with Gasteiger partial charge in [0.05, 0.1) is 11.6 Å². The van der Waals surface area contributed by atoms with E-state index >= 15 is 0 Å². The van der Waals surface area contributed by atoms with Gasteiger partial charge in [-0.05, 0) is 57.5 Å². The number of benzene rings is 2. The molecule has 0 saturated carbocycles. The van der Waals surface area contributed by atoms with E-state index in [0.717, 1.165) is 37.1 Å². The fourth-order valence-corrected chi connectivity index (χ4v) is 6.56.